The Hall–Kier alpha value is -1.86. The van der Waals surface area contributed by atoms with Crippen LogP contribution < -0.4 is 0 Å². The van der Waals surface area contributed by atoms with Crippen molar-refractivity contribution in [3.05, 3.63) is 57.8 Å². The number of amides is 1. The standard InChI is InChI=1S/C16H14F3NO2S/c17-16(18,19)11-5-3-10(4-6-11)13-8-12(21)9-20(13)15(22)14-2-1-7-23-14/h1-7,12-13,21H,8-9H2. The number of alkyl halides is 3. The zero-order chi connectivity index (χ0) is 16.6. The van der Waals surface area contributed by atoms with Crippen molar-refractivity contribution in [1.82, 2.24) is 4.90 Å². The maximum atomic E-state index is 12.6. The molecule has 1 fully saturated rings. The first kappa shape index (κ1) is 16.0. The van der Waals surface area contributed by atoms with Crippen molar-refractivity contribution in [2.45, 2.75) is 24.7 Å². The number of thiophene rings is 1. The fraction of sp³-hybridized carbons (Fsp3) is 0.312. The first-order chi connectivity index (χ1) is 10.9. The number of carbonyl (C=O) groups excluding carboxylic acids is 1. The van der Waals surface area contributed by atoms with E-state index in [9.17, 15) is 23.1 Å². The lowest BCUT2D eigenvalue weighted by Gasteiger charge is -2.24. The summed E-state index contributed by atoms with van der Waals surface area (Å²) in [5.74, 6) is -0.207. The van der Waals surface area contributed by atoms with Crippen LogP contribution in [-0.4, -0.2) is 28.6 Å². The largest absolute Gasteiger partial charge is 0.416 e. The average molecular weight is 341 g/mol. The Morgan fingerprint density at radius 3 is 2.48 bits per heavy atom. The minimum atomic E-state index is -4.39. The molecule has 23 heavy (non-hydrogen) atoms. The Morgan fingerprint density at radius 2 is 1.91 bits per heavy atom. The molecule has 1 aliphatic heterocycles. The second-order valence-electron chi connectivity index (χ2n) is 5.46. The van der Waals surface area contributed by atoms with Crippen LogP contribution in [0.25, 0.3) is 0 Å². The van der Waals surface area contributed by atoms with Gasteiger partial charge in [0.1, 0.15) is 0 Å². The van der Waals surface area contributed by atoms with E-state index < -0.39 is 23.9 Å². The Kier molecular flexibility index (Phi) is 4.16. The number of hydrogen-bond donors (Lipinski definition) is 1. The number of likely N-dealkylation sites (tertiary alicyclic amines) is 1. The minimum absolute atomic E-state index is 0.183. The van der Waals surface area contributed by atoms with E-state index in [2.05, 4.69) is 0 Å². The van der Waals surface area contributed by atoms with E-state index in [1.165, 1.54) is 28.4 Å². The first-order valence-corrected chi connectivity index (χ1v) is 7.94. The molecular weight excluding hydrogens is 327 g/mol. The number of β-amino-alcohol motifs (C(OH)–C–C–N with tert-alkyl or cyclic N) is 1. The molecule has 2 unspecified atom stereocenters. The summed E-state index contributed by atoms with van der Waals surface area (Å²) in [6.45, 7) is 0.183. The molecule has 3 nitrogen and oxygen atoms in total. The molecule has 1 saturated heterocycles. The summed E-state index contributed by atoms with van der Waals surface area (Å²) in [6, 6.07) is 7.81. The van der Waals surface area contributed by atoms with E-state index in [1.54, 1.807) is 17.5 Å². The lowest BCUT2D eigenvalue weighted by Crippen LogP contribution is -2.31. The van der Waals surface area contributed by atoms with Gasteiger partial charge in [0.15, 0.2) is 0 Å². The van der Waals surface area contributed by atoms with Crippen molar-refractivity contribution in [3.8, 4) is 0 Å². The van der Waals surface area contributed by atoms with Crippen LogP contribution in [-0.2, 0) is 6.18 Å². The van der Waals surface area contributed by atoms with Gasteiger partial charge in [-0.15, -0.1) is 11.3 Å². The highest BCUT2D eigenvalue weighted by atomic mass is 32.1. The Labute approximate surface area is 135 Å². The number of nitrogens with zero attached hydrogens (tertiary/aromatic N) is 1. The van der Waals surface area contributed by atoms with Gasteiger partial charge in [0.25, 0.3) is 5.91 Å². The predicted molar refractivity (Wildman–Crippen MR) is 80.2 cm³/mol. The molecule has 0 saturated carbocycles. The van der Waals surface area contributed by atoms with Gasteiger partial charge in [-0.3, -0.25) is 4.79 Å². The molecule has 7 heteroatoms. The third-order valence-corrected chi connectivity index (χ3v) is 4.75. The van der Waals surface area contributed by atoms with Crippen LogP contribution in [0, 0.1) is 0 Å². The third-order valence-electron chi connectivity index (χ3n) is 3.89. The first-order valence-electron chi connectivity index (χ1n) is 7.06. The maximum Gasteiger partial charge on any atom is 0.416 e. The number of rotatable bonds is 2. The molecule has 2 heterocycles. The van der Waals surface area contributed by atoms with Gasteiger partial charge >= 0.3 is 6.18 Å². The molecule has 1 aliphatic rings. The van der Waals surface area contributed by atoms with Crippen LogP contribution in [0.15, 0.2) is 41.8 Å². The van der Waals surface area contributed by atoms with Gasteiger partial charge < -0.3 is 10.0 Å². The minimum Gasteiger partial charge on any atom is -0.391 e. The predicted octanol–water partition coefficient (Wildman–Crippen LogP) is 3.72. The van der Waals surface area contributed by atoms with Crippen molar-refractivity contribution >= 4 is 17.2 Å². The quantitative estimate of drug-likeness (QED) is 0.904. The number of hydrogen-bond acceptors (Lipinski definition) is 3. The van der Waals surface area contributed by atoms with Gasteiger partial charge in [0.05, 0.1) is 22.6 Å². The topological polar surface area (TPSA) is 40.5 Å². The third kappa shape index (κ3) is 3.25. The summed E-state index contributed by atoms with van der Waals surface area (Å²) in [6.07, 6.45) is -4.74. The second-order valence-corrected chi connectivity index (χ2v) is 6.41. The van der Waals surface area contributed by atoms with Crippen molar-refractivity contribution < 1.29 is 23.1 Å². The second kappa shape index (κ2) is 5.98. The molecule has 1 aromatic carbocycles. The Balaban J connectivity index is 1.86. The zero-order valence-corrected chi connectivity index (χ0v) is 12.8. The van der Waals surface area contributed by atoms with Crippen molar-refractivity contribution in [2.75, 3.05) is 6.54 Å². The summed E-state index contributed by atoms with van der Waals surface area (Å²) in [4.78, 5) is 14.6. The van der Waals surface area contributed by atoms with E-state index >= 15 is 0 Å². The molecule has 2 atom stereocenters. The number of aliphatic hydroxyl groups is 1. The lowest BCUT2D eigenvalue weighted by atomic mass is 10.0. The van der Waals surface area contributed by atoms with E-state index in [0.717, 1.165) is 12.1 Å². The molecule has 1 amide bonds. The lowest BCUT2D eigenvalue weighted by molar-refractivity contribution is -0.137. The SMILES string of the molecule is O=C(c1cccs1)N1CC(O)CC1c1ccc(C(F)(F)F)cc1. The zero-order valence-electron chi connectivity index (χ0n) is 12.0. The van der Waals surface area contributed by atoms with E-state index in [4.69, 9.17) is 0 Å². The highest BCUT2D eigenvalue weighted by molar-refractivity contribution is 7.12. The smallest absolute Gasteiger partial charge is 0.391 e. The normalized spacial score (nSPS) is 21.7. The van der Waals surface area contributed by atoms with Crippen LogP contribution in [0.1, 0.15) is 33.3 Å². The number of aliphatic hydroxyl groups excluding tert-OH is 1. The Morgan fingerprint density at radius 1 is 1.22 bits per heavy atom. The summed E-state index contributed by atoms with van der Waals surface area (Å²) in [5.41, 5.74) is -0.129. The fourth-order valence-corrected chi connectivity index (χ4v) is 3.47. The highest BCUT2D eigenvalue weighted by Gasteiger charge is 2.37. The molecule has 122 valence electrons. The van der Waals surface area contributed by atoms with E-state index in [-0.39, 0.29) is 12.5 Å². The summed E-state index contributed by atoms with van der Waals surface area (Å²) >= 11 is 1.30. The van der Waals surface area contributed by atoms with Crippen LogP contribution in [0.4, 0.5) is 13.2 Å². The van der Waals surface area contributed by atoms with Crippen molar-refractivity contribution in [2.24, 2.45) is 0 Å². The van der Waals surface area contributed by atoms with Crippen molar-refractivity contribution in [3.63, 3.8) is 0 Å². The Bertz CT molecular complexity index is 682. The summed E-state index contributed by atoms with van der Waals surface area (Å²) in [5, 5.41) is 11.7. The fourth-order valence-electron chi connectivity index (χ4n) is 2.79. The van der Waals surface area contributed by atoms with Gasteiger partial charge in [-0.2, -0.15) is 13.2 Å². The molecule has 0 bridgehead atoms. The molecule has 0 spiro atoms. The van der Waals surface area contributed by atoms with Crippen LogP contribution in [0.2, 0.25) is 0 Å². The van der Waals surface area contributed by atoms with Crippen LogP contribution in [0.3, 0.4) is 0 Å². The molecule has 1 aromatic heterocycles. The molecular formula is C16H14F3NO2S. The van der Waals surface area contributed by atoms with Gasteiger partial charge in [-0.05, 0) is 35.6 Å². The monoisotopic (exact) mass is 341 g/mol. The molecule has 2 aromatic rings. The molecule has 3 rings (SSSR count). The molecule has 0 radical (unpaired) electrons. The maximum absolute atomic E-state index is 12.6. The van der Waals surface area contributed by atoms with Gasteiger partial charge in [0.2, 0.25) is 0 Å². The molecule has 1 N–H and O–H groups in total. The van der Waals surface area contributed by atoms with Crippen molar-refractivity contribution in [1.29, 1.82) is 0 Å². The van der Waals surface area contributed by atoms with E-state index in [0.29, 0.717) is 16.9 Å². The number of halogens is 3. The van der Waals surface area contributed by atoms with Gasteiger partial charge in [-0.1, -0.05) is 18.2 Å². The number of carbonyl (C=O) groups is 1. The van der Waals surface area contributed by atoms with E-state index in [1.807, 2.05) is 0 Å². The summed E-state index contributed by atoms with van der Waals surface area (Å²) in [7, 11) is 0. The summed E-state index contributed by atoms with van der Waals surface area (Å²) < 4.78 is 37.9. The van der Waals surface area contributed by atoms with Crippen LogP contribution >= 0.6 is 11.3 Å². The molecule has 0 aliphatic carbocycles. The van der Waals surface area contributed by atoms with Gasteiger partial charge in [0, 0.05) is 6.54 Å². The number of benzene rings is 1. The van der Waals surface area contributed by atoms with Gasteiger partial charge in [-0.25, -0.2) is 0 Å². The highest BCUT2D eigenvalue weighted by Crippen LogP contribution is 2.36. The van der Waals surface area contributed by atoms with Crippen LogP contribution in [0.5, 0.6) is 0 Å². The average Bonchev–Trinajstić information content (AvgIpc) is 3.15.